The molecule has 0 aromatic heterocycles. The summed E-state index contributed by atoms with van der Waals surface area (Å²) in [6.07, 6.45) is 0. The topological polar surface area (TPSA) is 56.8 Å². The fourth-order valence-corrected chi connectivity index (χ4v) is 1.02. The number of rotatable bonds is 2. The number of nitriles is 2. The summed E-state index contributed by atoms with van der Waals surface area (Å²) in [4.78, 5) is 0. The zero-order valence-electron chi connectivity index (χ0n) is 7.24. The fourth-order valence-electron chi connectivity index (χ4n) is 1.02. The Labute approximate surface area is 76.8 Å². The van der Waals surface area contributed by atoms with E-state index in [0.29, 0.717) is 23.5 Å². The summed E-state index contributed by atoms with van der Waals surface area (Å²) in [6, 6.07) is 8.88. The average molecular weight is 172 g/mol. The Morgan fingerprint density at radius 1 is 1.31 bits per heavy atom. The summed E-state index contributed by atoms with van der Waals surface area (Å²) < 4.78 is 5.20. The van der Waals surface area contributed by atoms with Crippen LogP contribution < -0.4 is 4.74 Å². The Bertz CT molecular complexity index is 385. The lowest BCUT2D eigenvalue weighted by atomic mass is 10.1. The molecule has 0 heterocycles. The molecule has 64 valence electrons. The van der Waals surface area contributed by atoms with Gasteiger partial charge in [0.05, 0.1) is 12.2 Å². The molecular formula is C10H8N2O. The molecule has 1 aromatic rings. The molecule has 0 N–H and O–H groups in total. The maximum atomic E-state index is 8.78. The highest BCUT2D eigenvalue weighted by molar-refractivity contribution is 5.53. The van der Waals surface area contributed by atoms with E-state index >= 15 is 0 Å². The lowest BCUT2D eigenvalue weighted by molar-refractivity contribution is 0.339. The van der Waals surface area contributed by atoms with Gasteiger partial charge >= 0.3 is 0 Å². The maximum Gasteiger partial charge on any atom is 0.138 e. The summed E-state index contributed by atoms with van der Waals surface area (Å²) in [6.45, 7) is 2.32. The second-order valence-corrected chi connectivity index (χ2v) is 2.34. The molecule has 1 aromatic carbocycles. The summed E-state index contributed by atoms with van der Waals surface area (Å²) in [5.41, 5.74) is 0.667. The van der Waals surface area contributed by atoms with Crippen LogP contribution in [0.2, 0.25) is 0 Å². The van der Waals surface area contributed by atoms with E-state index < -0.39 is 0 Å². The van der Waals surface area contributed by atoms with Gasteiger partial charge in [-0.2, -0.15) is 10.5 Å². The number of nitrogens with zero attached hydrogens (tertiary/aromatic N) is 2. The first-order chi connectivity index (χ1) is 6.33. The lowest BCUT2D eigenvalue weighted by Crippen LogP contribution is -1.95. The van der Waals surface area contributed by atoms with Crippen LogP contribution in [0.1, 0.15) is 18.1 Å². The van der Waals surface area contributed by atoms with Crippen LogP contribution >= 0.6 is 0 Å². The Morgan fingerprint density at radius 3 is 2.62 bits per heavy atom. The van der Waals surface area contributed by atoms with E-state index in [2.05, 4.69) is 0 Å². The zero-order valence-corrected chi connectivity index (χ0v) is 7.24. The molecule has 0 spiro atoms. The van der Waals surface area contributed by atoms with E-state index in [9.17, 15) is 0 Å². The van der Waals surface area contributed by atoms with Crippen molar-refractivity contribution < 1.29 is 4.74 Å². The number of hydrogen-bond acceptors (Lipinski definition) is 3. The van der Waals surface area contributed by atoms with Crippen LogP contribution in [0.5, 0.6) is 5.75 Å². The largest absolute Gasteiger partial charge is 0.492 e. The number of ether oxygens (including phenoxy) is 1. The molecule has 0 atom stereocenters. The average Bonchev–Trinajstić information content (AvgIpc) is 2.18. The molecule has 0 aliphatic carbocycles. The monoisotopic (exact) mass is 172 g/mol. The van der Waals surface area contributed by atoms with Crippen LogP contribution in [-0.2, 0) is 0 Å². The van der Waals surface area contributed by atoms with E-state index in [0.717, 1.165) is 0 Å². The molecule has 3 nitrogen and oxygen atoms in total. The van der Waals surface area contributed by atoms with Gasteiger partial charge in [-0.05, 0) is 19.1 Å². The molecular weight excluding hydrogens is 164 g/mol. The van der Waals surface area contributed by atoms with Crippen molar-refractivity contribution in [3.05, 3.63) is 29.3 Å². The molecule has 0 radical (unpaired) electrons. The van der Waals surface area contributed by atoms with Gasteiger partial charge in [-0.15, -0.1) is 0 Å². The highest BCUT2D eigenvalue weighted by atomic mass is 16.5. The van der Waals surface area contributed by atoms with Crippen molar-refractivity contribution in [2.75, 3.05) is 6.61 Å². The Morgan fingerprint density at radius 2 is 2.08 bits per heavy atom. The van der Waals surface area contributed by atoms with Gasteiger partial charge in [-0.1, -0.05) is 6.07 Å². The predicted molar refractivity (Wildman–Crippen MR) is 47.0 cm³/mol. The molecule has 0 aliphatic rings. The maximum absolute atomic E-state index is 8.78. The van der Waals surface area contributed by atoms with Crippen LogP contribution in [-0.4, -0.2) is 6.61 Å². The summed E-state index contributed by atoms with van der Waals surface area (Å²) in [5, 5.41) is 17.5. The van der Waals surface area contributed by atoms with Crippen LogP contribution in [0, 0.1) is 22.7 Å². The first-order valence-electron chi connectivity index (χ1n) is 3.89. The minimum Gasteiger partial charge on any atom is -0.492 e. The SMILES string of the molecule is CCOc1cccc(C#N)c1C#N. The quantitative estimate of drug-likeness (QED) is 0.683. The van der Waals surface area contributed by atoms with Crippen LogP contribution in [0.15, 0.2) is 18.2 Å². The third kappa shape index (κ3) is 1.77. The second-order valence-electron chi connectivity index (χ2n) is 2.34. The lowest BCUT2D eigenvalue weighted by Gasteiger charge is -2.04. The third-order valence-electron chi connectivity index (χ3n) is 1.56. The van der Waals surface area contributed by atoms with E-state index in [1.165, 1.54) is 0 Å². The van der Waals surface area contributed by atoms with Gasteiger partial charge in [0.1, 0.15) is 23.5 Å². The van der Waals surface area contributed by atoms with Crippen LogP contribution in [0.25, 0.3) is 0 Å². The standard InChI is InChI=1S/C10H8N2O/c1-2-13-10-5-3-4-8(6-11)9(10)7-12/h3-5H,2H2,1H3. The third-order valence-corrected chi connectivity index (χ3v) is 1.56. The van der Waals surface area contributed by atoms with Crippen molar-refractivity contribution in [1.29, 1.82) is 10.5 Å². The smallest absolute Gasteiger partial charge is 0.138 e. The van der Waals surface area contributed by atoms with E-state index in [-0.39, 0.29) is 0 Å². The minimum atomic E-state index is 0.312. The van der Waals surface area contributed by atoms with Gasteiger partial charge in [0.15, 0.2) is 0 Å². The molecule has 0 unspecified atom stereocenters. The Hall–Kier alpha value is -2.00. The van der Waals surface area contributed by atoms with Gasteiger partial charge < -0.3 is 4.74 Å². The van der Waals surface area contributed by atoms with Gasteiger partial charge in [0.2, 0.25) is 0 Å². The zero-order chi connectivity index (χ0) is 9.68. The molecule has 0 amide bonds. The number of hydrogen-bond donors (Lipinski definition) is 0. The van der Waals surface area contributed by atoms with E-state index in [1.54, 1.807) is 18.2 Å². The molecule has 0 saturated carbocycles. The molecule has 3 heteroatoms. The highest BCUT2D eigenvalue weighted by Crippen LogP contribution is 2.20. The molecule has 0 aliphatic heterocycles. The molecule has 0 bridgehead atoms. The van der Waals surface area contributed by atoms with Crippen molar-refractivity contribution in [2.24, 2.45) is 0 Å². The molecule has 0 saturated heterocycles. The van der Waals surface area contributed by atoms with Gasteiger partial charge in [-0.25, -0.2) is 0 Å². The van der Waals surface area contributed by atoms with Crippen molar-refractivity contribution in [3.63, 3.8) is 0 Å². The van der Waals surface area contributed by atoms with E-state index in [4.69, 9.17) is 15.3 Å². The van der Waals surface area contributed by atoms with Gasteiger partial charge in [-0.3, -0.25) is 0 Å². The predicted octanol–water partition coefficient (Wildman–Crippen LogP) is 1.83. The Kier molecular flexibility index (Phi) is 2.89. The van der Waals surface area contributed by atoms with E-state index in [1.807, 2.05) is 19.1 Å². The van der Waals surface area contributed by atoms with Crippen molar-refractivity contribution in [3.8, 4) is 17.9 Å². The highest BCUT2D eigenvalue weighted by Gasteiger charge is 2.07. The van der Waals surface area contributed by atoms with Crippen molar-refractivity contribution in [2.45, 2.75) is 6.92 Å². The summed E-state index contributed by atoms with van der Waals surface area (Å²) in [5.74, 6) is 0.476. The van der Waals surface area contributed by atoms with Crippen LogP contribution in [0.4, 0.5) is 0 Å². The minimum absolute atomic E-state index is 0.312. The van der Waals surface area contributed by atoms with Crippen molar-refractivity contribution in [1.82, 2.24) is 0 Å². The molecule has 13 heavy (non-hydrogen) atoms. The van der Waals surface area contributed by atoms with Crippen LogP contribution in [0.3, 0.4) is 0 Å². The fraction of sp³-hybridized carbons (Fsp3) is 0.200. The Balaban J connectivity index is 3.23. The summed E-state index contributed by atoms with van der Waals surface area (Å²) in [7, 11) is 0. The first kappa shape index (κ1) is 9.09. The first-order valence-corrected chi connectivity index (χ1v) is 3.89. The molecule has 0 fully saturated rings. The molecule has 1 rings (SSSR count). The summed E-state index contributed by atoms with van der Waals surface area (Å²) >= 11 is 0. The second kappa shape index (κ2) is 4.13. The number of benzene rings is 1. The van der Waals surface area contributed by atoms with Gasteiger partial charge in [0.25, 0.3) is 0 Å². The normalized spacial score (nSPS) is 8.54. The van der Waals surface area contributed by atoms with Crippen molar-refractivity contribution >= 4 is 0 Å². The van der Waals surface area contributed by atoms with Gasteiger partial charge in [0, 0.05) is 0 Å².